The Hall–Kier alpha value is -2.16. The summed E-state index contributed by atoms with van der Waals surface area (Å²) in [5, 5.41) is 22.4. The molecule has 0 aliphatic rings. The average Bonchev–Trinajstić information content (AvgIpc) is 2.73. The average molecular weight is 266 g/mol. The monoisotopic (exact) mass is 266 g/mol. The van der Waals surface area contributed by atoms with Crippen LogP contribution in [-0.4, -0.2) is 25.1 Å². The second-order valence-electron chi connectivity index (χ2n) is 3.52. The number of tetrazole rings is 1. The number of nitrogen functional groups attached to an aromatic ring is 1. The Morgan fingerprint density at radius 1 is 1.56 bits per heavy atom. The van der Waals surface area contributed by atoms with E-state index in [1.807, 2.05) is 0 Å². The van der Waals surface area contributed by atoms with Crippen LogP contribution in [0.3, 0.4) is 0 Å². The number of anilines is 1. The maximum atomic E-state index is 10.7. The number of aromatic nitrogens is 4. The first-order valence-corrected chi connectivity index (χ1v) is 5.94. The van der Waals surface area contributed by atoms with Gasteiger partial charge in [0.25, 0.3) is 5.69 Å². The van der Waals surface area contributed by atoms with E-state index in [1.165, 1.54) is 28.6 Å². The zero-order chi connectivity index (χ0) is 13.1. The molecule has 1 heterocycles. The van der Waals surface area contributed by atoms with Gasteiger partial charge in [-0.2, -0.15) is 0 Å². The van der Waals surface area contributed by atoms with Crippen LogP contribution in [0.5, 0.6) is 0 Å². The molecule has 0 saturated heterocycles. The van der Waals surface area contributed by atoms with Gasteiger partial charge in [-0.25, -0.2) is 4.68 Å². The first kappa shape index (κ1) is 12.3. The molecule has 0 atom stereocenters. The molecule has 0 unspecified atom stereocenters. The highest BCUT2D eigenvalue weighted by molar-refractivity contribution is 7.98. The molecule has 2 N–H and O–H groups in total. The van der Waals surface area contributed by atoms with Crippen LogP contribution in [-0.2, 0) is 12.8 Å². The van der Waals surface area contributed by atoms with Gasteiger partial charge in [0.15, 0.2) is 0 Å². The summed E-state index contributed by atoms with van der Waals surface area (Å²) in [5.41, 5.74) is 6.40. The lowest BCUT2D eigenvalue weighted by molar-refractivity contribution is -0.383. The maximum absolute atomic E-state index is 10.7. The van der Waals surface area contributed by atoms with E-state index in [4.69, 9.17) is 5.73 Å². The Kier molecular flexibility index (Phi) is 3.42. The zero-order valence-electron chi connectivity index (χ0n) is 9.48. The van der Waals surface area contributed by atoms with Crippen molar-refractivity contribution in [2.45, 2.75) is 10.9 Å². The zero-order valence-corrected chi connectivity index (χ0v) is 10.3. The smallest absolute Gasteiger partial charge is 0.292 e. The summed E-state index contributed by atoms with van der Waals surface area (Å²) in [6, 6.07) is 4.74. The largest absolute Gasteiger partial charge is 0.393 e. The van der Waals surface area contributed by atoms with Crippen molar-refractivity contribution in [3.63, 3.8) is 0 Å². The molecule has 0 radical (unpaired) electrons. The molecule has 18 heavy (non-hydrogen) atoms. The second kappa shape index (κ2) is 5.00. The molecular formula is C9H10N6O2S. The number of benzene rings is 1. The van der Waals surface area contributed by atoms with Crippen molar-refractivity contribution in [3.05, 3.63) is 33.9 Å². The van der Waals surface area contributed by atoms with E-state index in [0.717, 1.165) is 5.56 Å². The van der Waals surface area contributed by atoms with Crippen LogP contribution in [0.25, 0.3) is 0 Å². The molecular weight excluding hydrogens is 256 g/mol. The normalized spacial score (nSPS) is 10.5. The summed E-state index contributed by atoms with van der Waals surface area (Å²) in [4.78, 5) is 10.3. The van der Waals surface area contributed by atoms with Gasteiger partial charge in [-0.05, 0) is 22.1 Å². The SMILES string of the molecule is Cn1nnnc1SCc1ccc(N)c([N+](=O)[O-])c1. The van der Waals surface area contributed by atoms with Crippen LogP contribution < -0.4 is 5.73 Å². The minimum atomic E-state index is -0.493. The van der Waals surface area contributed by atoms with E-state index in [1.54, 1.807) is 13.1 Å². The summed E-state index contributed by atoms with van der Waals surface area (Å²) < 4.78 is 1.54. The number of nitrogens with two attached hydrogens (primary N) is 1. The number of nitro groups is 1. The standard InChI is InChI=1S/C9H10N6O2S/c1-14-9(11-12-13-14)18-5-6-2-3-7(10)8(4-6)15(16)17/h2-4H,5,10H2,1H3. The topological polar surface area (TPSA) is 113 Å². The van der Waals surface area contributed by atoms with E-state index >= 15 is 0 Å². The highest BCUT2D eigenvalue weighted by atomic mass is 32.2. The third kappa shape index (κ3) is 2.56. The summed E-state index contributed by atoms with van der Waals surface area (Å²) >= 11 is 1.40. The van der Waals surface area contributed by atoms with Gasteiger partial charge in [0.2, 0.25) is 5.16 Å². The predicted molar refractivity (Wildman–Crippen MR) is 65.9 cm³/mol. The summed E-state index contributed by atoms with van der Waals surface area (Å²) in [6.07, 6.45) is 0. The van der Waals surface area contributed by atoms with Crippen molar-refractivity contribution in [3.8, 4) is 0 Å². The number of nitrogens with zero attached hydrogens (tertiary/aromatic N) is 5. The van der Waals surface area contributed by atoms with E-state index in [-0.39, 0.29) is 11.4 Å². The highest BCUT2D eigenvalue weighted by Gasteiger charge is 2.12. The van der Waals surface area contributed by atoms with Crippen molar-refractivity contribution >= 4 is 23.1 Å². The Morgan fingerprint density at radius 2 is 2.33 bits per heavy atom. The second-order valence-corrected chi connectivity index (χ2v) is 4.47. The van der Waals surface area contributed by atoms with Crippen LogP contribution in [0.2, 0.25) is 0 Å². The number of rotatable bonds is 4. The minimum absolute atomic E-state index is 0.0795. The molecule has 1 aromatic heterocycles. The molecule has 2 rings (SSSR count). The van der Waals surface area contributed by atoms with Crippen LogP contribution in [0.15, 0.2) is 23.4 Å². The number of aryl methyl sites for hydroxylation is 1. The molecule has 94 valence electrons. The van der Waals surface area contributed by atoms with Crippen LogP contribution in [0.4, 0.5) is 11.4 Å². The van der Waals surface area contributed by atoms with Gasteiger partial charge in [0.05, 0.1) is 4.92 Å². The number of hydrogen-bond donors (Lipinski definition) is 1. The lowest BCUT2D eigenvalue weighted by Gasteiger charge is -2.02. The van der Waals surface area contributed by atoms with E-state index in [2.05, 4.69) is 15.5 Å². The van der Waals surface area contributed by atoms with Gasteiger partial charge in [0.1, 0.15) is 5.69 Å². The Labute approximate surface area is 106 Å². The van der Waals surface area contributed by atoms with Crippen molar-refractivity contribution in [1.82, 2.24) is 20.2 Å². The van der Waals surface area contributed by atoms with Gasteiger partial charge < -0.3 is 5.73 Å². The van der Waals surface area contributed by atoms with Crippen LogP contribution >= 0.6 is 11.8 Å². The fourth-order valence-electron chi connectivity index (χ4n) is 1.33. The molecule has 1 aromatic carbocycles. The maximum Gasteiger partial charge on any atom is 0.292 e. The number of thioether (sulfide) groups is 1. The van der Waals surface area contributed by atoms with Gasteiger partial charge in [-0.3, -0.25) is 10.1 Å². The van der Waals surface area contributed by atoms with Gasteiger partial charge in [-0.1, -0.05) is 17.8 Å². The lowest BCUT2D eigenvalue weighted by Crippen LogP contribution is -1.97. The molecule has 2 aromatic rings. The summed E-state index contributed by atoms with van der Waals surface area (Å²) in [5.74, 6) is 0.537. The number of nitro benzene ring substituents is 1. The van der Waals surface area contributed by atoms with Crippen LogP contribution in [0.1, 0.15) is 5.56 Å². The predicted octanol–water partition coefficient (Wildman–Crippen LogP) is 0.993. The van der Waals surface area contributed by atoms with Crippen molar-refractivity contribution < 1.29 is 4.92 Å². The Balaban J connectivity index is 2.13. The fraction of sp³-hybridized carbons (Fsp3) is 0.222. The van der Waals surface area contributed by atoms with Gasteiger partial charge >= 0.3 is 0 Å². The molecule has 0 aliphatic heterocycles. The molecule has 9 heteroatoms. The molecule has 0 bridgehead atoms. The Bertz CT molecular complexity index is 584. The summed E-state index contributed by atoms with van der Waals surface area (Å²) in [6.45, 7) is 0. The number of hydrogen-bond acceptors (Lipinski definition) is 7. The van der Waals surface area contributed by atoms with Crippen molar-refractivity contribution in [1.29, 1.82) is 0 Å². The third-order valence-corrected chi connectivity index (χ3v) is 3.32. The molecule has 0 spiro atoms. The fourth-order valence-corrected chi connectivity index (χ4v) is 2.12. The minimum Gasteiger partial charge on any atom is -0.393 e. The van der Waals surface area contributed by atoms with Crippen molar-refractivity contribution in [2.24, 2.45) is 7.05 Å². The first-order valence-electron chi connectivity index (χ1n) is 4.96. The van der Waals surface area contributed by atoms with Crippen molar-refractivity contribution in [2.75, 3.05) is 5.73 Å². The highest BCUT2D eigenvalue weighted by Crippen LogP contribution is 2.26. The first-order chi connectivity index (χ1) is 8.58. The Morgan fingerprint density at radius 3 is 2.94 bits per heavy atom. The lowest BCUT2D eigenvalue weighted by atomic mass is 10.2. The molecule has 0 fully saturated rings. The van der Waals surface area contributed by atoms with E-state index < -0.39 is 4.92 Å². The van der Waals surface area contributed by atoms with E-state index in [9.17, 15) is 10.1 Å². The van der Waals surface area contributed by atoms with Crippen LogP contribution in [0, 0.1) is 10.1 Å². The molecule has 0 saturated carbocycles. The summed E-state index contributed by atoms with van der Waals surface area (Å²) in [7, 11) is 1.73. The molecule has 0 aliphatic carbocycles. The van der Waals surface area contributed by atoms with Gasteiger partial charge in [-0.15, -0.1) is 5.10 Å². The van der Waals surface area contributed by atoms with E-state index in [0.29, 0.717) is 10.9 Å². The molecule has 8 nitrogen and oxygen atoms in total. The quantitative estimate of drug-likeness (QED) is 0.380. The molecule has 0 amide bonds. The van der Waals surface area contributed by atoms with Gasteiger partial charge in [0, 0.05) is 18.9 Å². The third-order valence-electron chi connectivity index (χ3n) is 2.24.